The average molecular weight is 207 g/mol. The molecular formula is C13H9N3. The third-order valence-corrected chi connectivity index (χ3v) is 3.14. The second kappa shape index (κ2) is 2.70. The zero-order valence-electron chi connectivity index (χ0n) is 8.57. The van der Waals surface area contributed by atoms with E-state index in [9.17, 15) is 0 Å². The van der Waals surface area contributed by atoms with Crippen LogP contribution in [0.5, 0.6) is 0 Å². The molecule has 1 aromatic carbocycles. The first-order valence-electron chi connectivity index (χ1n) is 5.33. The Labute approximate surface area is 92.2 Å². The minimum Gasteiger partial charge on any atom is -0.357 e. The summed E-state index contributed by atoms with van der Waals surface area (Å²) in [6.07, 6.45) is 4.38. The van der Waals surface area contributed by atoms with Crippen molar-refractivity contribution in [3.05, 3.63) is 48.0 Å². The number of aromatic nitrogens is 3. The van der Waals surface area contributed by atoms with Gasteiger partial charge in [0, 0.05) is 41.0 Å². The van der Waals surface area contributed by atoms with Crippen molar-refractivity contribution < 1.29 is 0 Å². The van der Waals surface area contributed by atoms with Crippen molar-refractivity contribution in [1.29, 1.82) is 0 Å². The molecule has 2 heterocycles. The molecule has 16 heavy (non-hydrogen) atoms. The van der Waals surface area contributed by atoms with Crippen molar-refractivity contribution in [2.75, 3.05) is 0 Å². The van der Waals surface area contributed by atoms with Gasteiger partial charge in [-0.15, -0.1) is 0 Å². The summed E-state index contributed by atoms with van der Waals surface area (Å²) >= 11 is 0. The fraction of sp³-hybridized carbons (Fsp3) is 0.0769. The summed E-state index contributed by atoms with van der Waals surface area (Å²) in [4.78, 5) is 12.3. The normalized spacial score (nSPS) is 12.8. The summed E-state index contributed by atoms with van der Waals surface area (Å²) in [5.74, 6) is 0. The van der Waals surface area contributed by atoms with Crippen LogP contribution in [0.1, 0.15) is 11.4 Å². The summed E-state index contributed by atoms with van der Waals surface area (Å²) in [5.41, 5.74) is 5.77. The minimum atomic E-state index is 0.868. The molecule has 3 nitrogen and oxygen atoms in total. The fourth-order valence-electron chi connectivity index (χ4n) is 2.47. The van der Waals surface area contributed by atoms with E-state index in [0.29, 0.717) is 0 Å². The predicted octanol–water partition coefficient (Wildman–Crippen LogP) is 2.53. The molecule has 3 aromatic rings. The highest BCUT2D eigenvalue weighted by Gasteiger charge is 2.24. The van der Waals surface area contributed by atoms with E-state index < -0.39 is 0 Å². The molecule has 76 valence electrons. The molecule has 0 bridgehead atoms. The monoisotopic (exact) mass is 207 g/mol. The molecule has 0 saturated heterocycles. The Morgan fingerprint density at radius 3 is 2.94 bits per heavy atom. The summed E-state index contributed by atoms with van der Waals surface area (Å²) in [7, 11) is 0. The highest BCUT2D eigenvalue weighted by atomic mass is 14.8. The molecule has 0 amide bonds. The van der Waals surface area contributed by atoms with Gasteiger partial charge in [-0.25, -0.2) is 0 Å². The van der Waals surface area contributed by atoms with Gasteiger partial charge in [0.1, 0.15) is 0 Å². The number of hydrogen-bond acceptors (Lipinski definition) is 2. The van der Waals surface area contributed by atoms with E-state index in [4.69, 9.17) is 0 Å². The maximum Gasteiger partial charge on any atom is 0.0945 e. The van der Waals surface area contributed by atoms with Crippen LogP contribution < -0.4 is 0 Å². The molecule has 3 heteroatoms. The zero-order chi connectivity index (χ0) is 10.5. The number of hydrogen-bond donors (Lipinski definition) is 1. The highest BCUT2D eigenvalue weighted by molar-refractivity contribution is 5.98. The first-order chi connectivity index (χ1) is 7.93. The van der Waals surface area contributed by atoms with Crippen LogP contribution in [0.25, 0.3) is 22.2 Å². The topological polar surface area (TPSA) is 41.6 Å². The van der Waals surface area contributed by atoms with Gasteiger partial charge in [0.25, 0.3) is 0 Å². The van der Waals surface area contributed by atoms with Gasteiger partial charge in [0.15, 0.2) is 0 Å². The Balaban J connectivity index is 2.15. The number of benzene rings is 1. The maximum absolute atomic E-state index is 4.44. The predicted molar refractivity (Wildman–Crippen MR) is 62.1 cm³/mol. The van der Waals surface area contributed by atoms with Gasteiger partial charge >= 0.3 is 0 Å². The van der Waals surface area contributed by atoms with Gasteiger partial charge < -0.3 is 4.98 Å². The summed E-state index contributed by atoms with van der Waals surface area (Å²) in [6.45, 7) is 0. The van der Waals surface area contributed by atoms with E-state index in [1.807, 2.05) is 6.07 Å². The van der Waals surface area contributed by atoms with Crippen LogP contribution in [0.15, 0.2) is 36.7 Å². The molecule has 0 aliphatic heterocycles. The quantitative estimate of drug-likeness (QED) is 0.481. The second-order valence-electron chi connectivity index (χ2n) is 4.05. The summed E-state index contributed by atoms with van der Waals surface area (Å²) in [5, 5.41) is 1.25. The van der Waals surface area contributed by atoms with E-state index in [1.54, 1.807) is 12.4 Å². The smallest absolute Gasteiger partial charge is 0.0945 e. The molecule has 0 fully saturated rings. The lowest BCUT2D eigenvalue weighted by Crippen LogP contribution is -1.89. The van der Waals surface area contributed by atoms with Gasteiger partial charge in [0.2, 0.25) is 0 Å². The third-order valence-electron chi connectivity index (χ3n) is 3.14. The van der Waals surface area contributed by atoms with Gasteiger partial charge in [0.05, 0.1) is 11.4 Å². The molecule has 0 atom stereocenters. The number of aromatic amines is 1. The maximum atomic E-state index is 4.44. The molecule has 2 aromatic heterocycles. The van der Waals surface area contributed by atoms with E-state index in [2.05, 4.69) is 33.2 Å². The highest BCUT2D eigenvalue weighted by Crippen LogP contribution is 2.38. The van der Waals surface area contributed by atoms with Gasteiger partial charge in [-0.1, -0.05) is 18.2 Å². The van der Waals surface area contributed by atoms with Crippen LogP contribution in [-0.4, -0.2) is 15.0 Å². The standard InChI is InChI=1S/C13H9N3/c1-2-4-9-8(3-1)12-10(16-9)7-11-13(12)15-6-5-14-11/h1-6,16H,7H2. The Morgan fingerprint density at radius 1 is 1.06 bits per heavy atom. The minimum absolute atomic E-state index is 0.868. The van der Waals surface area contributed by atoms with Crippen molar-refractivity contribution in [1.82, 2.24) is 15.0 Å². The second-order valence-corrected chi connectivity index (χ2v) is 4.05. The molecule has 0 spiro atoms. The van der Waals surface area contributed by atoms with E-state index in [1.165, 1.54) is 22.2 Å². The van der Waals surface area contributed by atoms with Gasteiger partial charge in [-0.3, -0.25) is 9.97 Å². The zero-order valence-corrected chi connectivity index (χ0v) is 8.57. The fourth-order valence-corrected chi connectivity index (χ4v) is 2.47. The molecule has 1 aliphatic rings. The first kappa shape index (κ1) is 8.05. The number of rotatable bonds is 0. The van der Waals surface area contributed by atoms with E-state index in [-0.39, 0.29) is 0 Å². The van der Waals surface area contributed by atoms with Crippen molar-refractivity contribution in [2.24, 2.45) is 0 Å². The van der Waals surface area contributed by atoms with Crippen LogP contribution in [0.3, 0.4) is 0 Å². The summed E-state index contributed by atoms with van der Waals surface area (Å²) < 4.78 is 0. The SMILES string of the molecule is c1ccc2c3c([nH]c2c1)Cc1nccnc1-3. The first-order valence-corrected chi connectivity index (χ1v) is 5.33. The third kappa shape index (κ3) is 0.877. The Hall–Kier alpha value is -2.16. The molecular weight excluding hydrogens is 198 g/mol. The molecule has 1 aliphatic carbocycles. The Kier molecular flexibility index (Phi) is 1.36. The van der Waals surface area contributed by atoms with Crippen LogP contribution >= 0.6 is 0 Å². The molecule has 0 radical (unpaired) electrons. The van der Waals surface area contributed by atoms with Gasteiger partial charge in [-0.05, 0) is 6.07 Å². The van der Waals surface area contributed by atoms with Gasteiger partial charge in [-0.2, -0.15) is 0 Å². The van der Waals surface area contributed by atoms with Crippen LogP contribution in [0.2, 0.25) is 0 Å². The number of nitrogens with zero attached hydrogens (tertiary/aromatic N) is 2. The Bertz CT molecular complexity index is 697. The van der Waals surface area contributed by atoms with E-state index >= 15 is 0 Å². The summed E-state index contributed by atoms with van der Waals surface area (Å²) in [6, 6.07) is 8.34. The lowest BCUT2D eigenvalue weighted by atomic mass is 10.1. The lowest BCUT2D eigenvalue weighted by Gasteiger charge is -1.97. The Morgan fingerprint density at radius 2 is 1.94 bits per heavy atom. The average Bonchev–Trinajstić information content (AvgIpc) is 2.83. The van der Waals surface area contributed by atoms with Crippen LogP contribution in [0, 0.1) is 0 Å². The number of fused-ring (bicyclic) bond motifs is 5. The van der Waals surface area contributed by atoms with Crippen molar-refractivity contribution in [3.63, 3.8) is 0 Å². The number of H-pyrrole nitrogens is 1. The molecule has 4 rings (SSSR count). The molecule has 0 unspecified atom stereocenters. The van der Waals surface area contributed by atoms with Crippen molar-refractivity contribution in [3.8, 4) is 11.3 Å². The largest absolute Gasteiger partial charge is 0.357 e. The van der Waals surface area contributed by atoms with Crippen LogP contribution in [-0.2, 0) is 6.42 Å². The molecule has 1 N–H and O–H groups in total. The van der Waals surface area contributed by atoms with Crippen molar-refractivity contribution >= 4 is 10.9 Å². The van der Waals surface area contributed by atoms with Crippen LogP contribution in [0.4, 0.5) is 0 Å². The number of nitrogens with one attached hydrogen (secondary N) is 1. The van der Waals surface area contributed by atoms with Crippen molar-refractivity contribution in [2.45, 2.75) is 6.42 Å². The molecule has 0 saturated carbocycles. The lowest BCUT2D eigenvalue weighted by molar-refractivity contribution is 1.06. The number of para-hydroxylation sites is 1. The van der Waals surface area contributed by atoms with E-state index in [0.717, 1.165) is 17.8 Å².